The molecular formula is C18H19NO5. The number of rotatable bonds is 5. The number of hydrogen-bond donors (Lipinski definition) is 2. The molecule has 2 aromatic rings. The molecule has 6 nitrogen and oxygen atoms in total. The number of carboxylic acid groups (broad SMARTS) is 1. The number of amides is 1. The first-order chi connectivity index (χ1) is 11.6. The van der Waals surface area contributed by atoms with Crippen LogP contribution in [0.1, 0.15) is 23.4 Å². The van der Waals surface area contributed by atoms with Crippen molar-refractivity contribution in [1.29, 1.82) is 0 Å². The van der Waals surface area contributed by atoms with Crippen LogP contribution in [0.15, 0.2) is 46.9 Å². The maximum Gasteiger partial charge on any atom is 0.303 e. The zero-order valence-corrected chi connectivity index (χ0v) is 13.1. The monoisotopic (exact) mass is 329 g/mol. The smallest absolute Gasteiger partial charge is 0.303 e. The van der Waals surface area contributed by atoms with E-state index in [0.29, 0.717) is 25.4 Å². The van der Waals surface area contributed by atoms with Crippen molar-refractivity contribution < 1.29 is 23.8 Å². The van der Waals surface area contributed by atoms with E-state index < -0.39 is 5.97 Å². The second-order valence-electron chi connectivity index (χ2n) is 5.83. The van der Waals surface area contributed by atoms with Gasteiger partial charge in [0.1, 0.15) is 5.76 Å². The number of ether oxygens (including phenoxy) is 1. The van der Waals surface area contributed by atoms with E-state index in [0.717, 1.165) is 5.56 Å². The summed E-state index contributed by atoms with van der Waals surface area (Å²) in [6.45, 7) is 0.846. The first-order valence-electron chi connectivity index (χ1n) is 7.89. The fraction of sp³-hybridized carbons (Fsp3) is 0.333. The van der Waals surface area contributed by atoms with Crippen LogP contribution in [0.2, 0.25) is 0 Å². The molecule has 1 amide bonds. The van der Waals surface area contributed by atoms with E-state index in [4.69, 9.17) is 14.3 Å². The van der Waals surface area contributed by atoms with Gasteiger partial charge in [-0.1, -0.05) is 30.3 Å². The summed E-state index contributed by atoms with van der Waals surface area (Å²) in [5.74, 6) is -0.624. The van der Waals surface area contributed by atoms with Gasteiger partial charge >= 0.3 is 5.97 Å². The molecule has 1 aliphatic heterocycles. The summed E-state index contributed by atoms with van der Waals surface area (Å²) in [6, 6.07) is 12.7. The van der Waals surface area contributed by atoms with Gasteiger partial charge in [-0.2, -0.15) is 0 Å². The second kappa shape index (κ2) is 7.31. The highest BCUT2D eigenvalue weighted by Gasteiger charge is 2.29. The summed E-state index contributed by atoms with van der Waals surface area (Å²) in [5.41, 5.74) is 0.895. The van der Waals surface area contributed by atoms with Gasteiger partial charge in [-0.25, -0.2) is 0 Å². The number of aliphatic carboxylic acids is 1. The van der Waals surface area contributed by atoms with Gasteiger partial charge in [0.05, 0.1) is 13.0 Å². The molecule has 6 heteroatoms. The van der Waals surface area contributed by atoms with E-state index in [1.54, 1.807) is 12.1 Å². The molecule has 0 saturated carbocycles. The average Bonchev–Trinajstić information content (AvgIpc) is 3.07. The summed E-state index contributed by atoms with van der Waals surface area (Å²) >= 11 is 0. The molecular weight excluding hydrogens is 310 g/mol. The molecule has 2 heterocycles. The number of carbonyl (C=O) groups excluding carboxylic acids is 1. The number of furan rings is 1. The Morgan fingerprint density at radius 2 is 1.96 bits per heavy atom. The van der Waals surface area contributed by atoms with Crippen LogP contribution in [0.3, 0.4) is 0 Å². The predicted molar refractivity (Wildman–Crippen MR) is 86.6 cm³/mol. The lowest BCUT2D eigenvalue weighted by molar-refractivity contribution is -0.139. The molecule has 24 heavy (non-hydrogen) atoms. The number of carboxylic acids is 1. The second-order valence-corrected chi connectivity index (χ2v) is 5.83. The van der Waals surface area contributed by atoms with Crippen molar-refractivity contribution >= 4 is 11.9 Å². The highest BCUT2D eigenvalue weighted by atomic mass is 16.5. The van der Waals surface area contributed by atoms with Gasteiger partial charge in [0.25, 0.3) is 5.91 Å². The molecule has 3 rings (SSSR count). The highest BCUT2D eigenvalue weighted by molar-refractivity contribution is 5.92. The van der Waals surface area contributed by atoms with Crippen molar-refractivity contribution in [3.63, 3.8) is 0 Å². The predicted octanol–water partition coefficient (Wildman–Crippen LogP) is 2.56. The maximum atomic E-state index is 12.4. The van der Waals surface area contributed by atoms with E-state index in [2.05, 4.69) is 5.32 Å². The van der Waals surface area contributed by atoms with Crippen LogP contribution < -0.4 is 5.32 Å². The zero-order chi connectivity index (χ0) is 16.9. The fourth-order valence-corrected chi connectivity index (χ4v) is 2.87. The van der Waals surface area contributed by atoms with E-state index in [1.165, 1.54) is 0 Å². The minimum absolute atomic E-state index is 0.0294. The Hall–Kier alpha value is -2.60. The van der Waals surface area contributed by atoms with Crippen LogP contribution in [-0.2, 0) is 9.53 Å². The SMILES string of the molecule is O=C(O)CC1COCCC1NC(=O)c1ccc(-c2ccccc2)o1. The van der Waals surface area contributed by atoms with Gasteiger partial charge in [-0.3, -0.25) is 9.59 Å². The van der Waals surface area contributed by atoms with E-state index in [1.807, 2.05) is 30.3 Å². The van der Waals surface area contributed by atoms with Crippen LogP contribution in [0.5, 0.6) is 0 Å². The highest BCUT2D eigenvalue weighted by Crippen LogP contribution is 2.23. The number of carbonyl (C=O) groups is 2. The molecule has 1 fully saturated rings. The summed E-state index contributed by atoms with van der Waals surface area (Å²) in [6.07, 6.45) is 0.564. The largest absolute Gasteiger partial charge is 0.481 e. The van der Waals surface area contributed by atoms with Gasteiger partial charge in [0.2, 0.25) is 0 Å². The molecule has 126 valence electrons. The standard InChI is InChI=1S/C18H19NO5/c20-17(21)10-13-11-23-9-8-14(13)19-18(22)16-7-6-15(24-16)12-4-2-1-3-5-12/h1-7,13-14H,8-11H2,(H,19,22)(H,20,21). The van der Waals surface area contributed by atoms with Crippen molar-refractivity contribution in [2.24, 2.45) is 5.92 Å². The Morgan fingerprint density at radius 3 is 2.71 bits per heavy atom. The van der Waals surface area contributed by atoms with Gasteiger partial charge in [0.15, 0.2) is 5.76 Å². The van der Waals surface area contributed by atoms with Crippen molar-refractivity contribution in [3.8, 4) is 11.3 Å². The number of hydrogen-bond acceptors (Lipinski definition) is 4. The van der Waals surface area contributed by atoms with Gasteiger partial charge in [-0.05, 0) is 18.6 Å². The first kappa shape index (κ1) is 16.3. The zero-order valence-electron chi connectivity index (χ0n) is 13.1. The topological polar surface area (TPSA) is 88.8 Å². The molecule has 1 saturated heterocycles. The van der Waals surface area contributed by atoms with E-state index in [-0.39, 0.29) is 30.0 Å². The minimum atomic E-state index is -0.894. The van der Waals surface area contributed by atoms with Gasteiger partial charge in [-0.15, -0.1) is 0 Å². The summed E-state index contributed by atoms with van der Waals surface area (Å²) in [5, 5.41) is 11.9. The Balaban J connectivity index is 1.68. The van der Waals surface area contributed by atoms with E-state index >= 15 is 0 Å². The molecule has 0 aliphatic carbocycles. The lowest BCUT2D eigenvalue weighted by Gasteiger charge is -2.30. The van der Waals surface area contributed by atoms with Crippen LogP contribution in [0.25, 0.3) is 11.3 Å². The van der Waals surface area contributed by atoms with Crippen molar-refractivity contribution in [2.45, 2.75) is 18.9 Å². The van der Waals surface area contributed by atoms with Gasteiger partial charge < -0.3 is 19.6 Å². The Morgan fingerprint density at radius 1 is 1.17 bits per heavy atom. The third-order valence-electron chi connectivity index (χ3n) is 4.12. The van der Waals surface area contributed by atoms with Crippen LogP contribution in [0.4, 0.5) is 0 Å². The summed E-state index contributed by atoms with van der Waals surface area (Å²) < 4.78 is 11.0. The van der Waals surface area contributed by atoms with Crippen LogP contribution >= 0.6 is 0 Å². The Labute approximate surface area is 139 Å². The first-order valence-corrected chi connectivity index (χ1v) is 7.89. The average molecular weight is 329 g/mol. The third kappa shape index (κ3) is 3.83. The number of benzene rings is 1. The molecule has 0 bridgehead atoms. The molecule has 2 unspecified atom stereocenters. The quantitative estimate of drug-likeness (QED) is 0.880. The Bertz CT molecular complexity index is 709. The summed E-state index contributed by atoms with van der Waals surface area (Å²) in [4.78, 5) is 23.3. The van der Waals surface area contributed by atoms with Crippen molar-refractivity contribution in [2.75, 3.05) is 13.2 Å². The molecule has 0 radical (unpaired) electrons. The van der Waals surface area contributed by atoms with Crippen molar-refractivity contribution in [3.05, 3.63) is 48.2 Å². The number of nitrogens with one attached hydrogen (secondary N) is 1. The normalized spacial score (nSPS) is 20.5. The minimum Gasteiger partial charge on any atom is -0.481 e. The molecule has 1 aliphatic rings. The molecule has 0 spiro atoms. The van der Waals surface area contributed by atoms with Crippen LogP contribution in [-0.4, -0.2) is 36.2 Å². The lowest BCUT2D eigenvalue weighted by atomic mass is 9.92. The van der Waals surface area contributed by atoms with Gasteiger partial charge in [0, 0.05) is 24.1 Å². The molecule has 2 atom stereocenters. The fourth-order valence-electron chi connectivity index (χ4n) is 2.87. The van der Waals surface area contributed by atoms with Crippen molar-refractivity contribution in [1.82, 2.24) is 5.32 Å². The molecule has 2 N–H and O–H groups in total. The maximum absolute atomic E-state index is 12.4. The summed E-state index contributed by atoms with van der Waals surface area (Å²) in [7, 11) is 0. The Kier molecular flexibility index (Phi) is 4.96. The van der Waals surface area contributed by atoms with Crippen LogP contribution in [0, 0.1) is 5.92 Å². The lowest BCUT2D eigenvalue weighted by Crippen LogP contribution is -2.46. The molecule has 1 aromatic carbocycles. The van der Waals surface area contributed by atoms with E-state index in [9.17, 15) is 9.59 Å². The third-order valence-corrected chi connectivity index (χ3v) is 4.12. The molecule has 1 aromatic heterocycles.